The summed E-state index contributed by atoms with van der Waals surface area (Å²) in [5.74, 6) is 0.350. The fourth-order valence-electron chi connectivity index (χ4n) is 6.05. The molecule has 0 unspecified atom stereocenters. The molecular weight excluding hydrogens is 448 g/mol. The van der Waals surface area contributed by atoms with Crippen LogP contribution in [-0.2, 0) is 17.3 Å². The van der Waals surface area contributed by atoms with Crippen LogP contribution in [0.1, 0.15) is 98.3 Å². The lowest BCUT2D eigenvalue weighted by Gasteiger charge is -2.33. The molecule has 0 atom stereocenters. The number of phenolic OH excluding ortho intramolecular Hbond substituents is 1. The van der Waals surface area contributed by atoms with Crippen LogP contribution in [0.5, 0.6) is 5.75 Å². The molecular formula is C36H46O. The van der Waals surface area contributed by atoms with Crippen molar-refractivity contribution in [3.8, 4) is 16.9 Å². The van der Waals surface area contributed by atoms with E-state index in [-0.39, 0.29) is 16.2 Å². The van der Waals surface area contributed by atoms with E-state index in [1.54, 1.807) is 0 Å². The first-order chi connectivity index (χ1) is 17.2. The summed E-state index contributed by atoms with van der Waals surface area (Å²) >= 11 is 0. The average molecular weight is 495 g/mol. The van der Waals surface area contributed by atoms with Crippen LogP contribution in [0.3, 0.4) is 0 Å². The molecule has 0 aliphatic rings. The van der Waals surface area contributed by atoms with Crippen LogP contribution < -0.4 is 0 Å². The lowest BCUT2D eigenvalue weighted by Crippen LogP contribution is -2.24. The lowest BCUT2D eigenvalue weighted by molar-refractivity contribution is 0.284. The smallest absolute Gasteiger partial charge is 0.123 e. The van der Waals surface area contributed by atoms with Crippen molar-refractivity contribution in [1.29, 1.82) is 0 Å². The normalized spacial score (nSPS) is 13.0. The minimum Gasteiger partial charge on any atom is -0.507 e. The molecule has 0 fully saturated rings. The molecule has 4 aromatic carbocycles. The van der Waals surface area contributed by atoms with Gasteiger partial charge >= 0.3 is 0 Å². The van der Waals surface area contributed by atoms with Gasteiger partial charge in [0.25, 0.3) is 0 Å². The number of phenols is 1. The highest BCUT2D eigenvalue weighted by Crippen LogP contribution is 2.45. The van der Waals surface area contributed by atoms with E-state index >= 15 is 0 Å². The van der Waals surface area contributed by atoms with Crippen LogP contribution in [0.25, 0.3) is 32.7 Å². The molecule has 0 saturated heterocycles. The van der Waals surface area contributed by atoms with Gasteiger partial charge in [0.15, 0.2) is 0 Å². The van der Waals surface area contributed by atoms with Gasteiger partial charge in [-0.05, 0) is 91.9 Å². The van der Waals surface area contributed by atoms with Gasteiger partial charge in [0, 0.05) is 11.1 Å². The second kappa shape index (κ2) is 9.82. The highest BCUT2D eigenvalue weighted by molar-refractivity contribution is 6.13. The molecule has 0 aromatic heterocycles. The zero-order chi connectivity index (χ0) is 27.2. The van der Waals surface area contributed by atoms with Gasteiger partial charge in [-0.3, -0.25) is 0 Å². The van der Waals surface area contributed by atoms with Crippen LogP contribution in [0.2, 0.25) is 0 Å². The van der Waals surface area contributed by atoms with Crippen molar-refractivity contribution in [2.24, 2.45) is 5.41 Å². The predicted molar refractivity (Wildman–Crippen MR) is 163 cm³/mol. The Morgan fingerprint density at radius 1 is 0.676 bits per heavy atom. The number of hydrogen-bond donors (Lipinski definition) is 1. The Hall–Kier alpha value is -2.80. The van der Waals surface area contributed by atoms with Crippen molar-refractivity contribution in [3.05, 3.63) is 77.4 Å². The number of rotatable bonds is 6. The molecule has 0 radical (unpaired) electrons. The Bertz CT molecular complexity index is 1420. The van der Waals surface area contributed by atoms with Gasteiger partial charge in [0.1, 0.15) is 5.75 Å². The van der Waals surface area contributed by atoms with E-state index in [9.17, 15) is 5.11 Å². The molecule has 4 rings (SSSR count). The highest BCUT2D eigenvalue weighted by Gasteiger charge is 2.28. The van der Waals surface area contributed by atoms with Gasteiger partial charge in [-0.2, -0.15) is 0 Å². The Kier molecular flexibility index (Phi) is 7.23. The summed E-state index contributed by atoms with van der Waals surface area (Å²) in [4.78, 5) is 0. The monoisotopic (exact) mass is 494 g/mol. The second-order valence-electron chi connectivity index (χ2n) is 13.9. The van der Waals surface area contributed by atoms with Gasteiger partial charge < -0.3 is 5.11 Å². The molecule has 196 valence electrons. The molecule has 1 N–H and O–H groups in total. The zero-order valence-corrected chi connectivity index (χ0v) is 24.5. The molecule has 4 aromatic rings. The fourth-order valence-corrected chi connectivity index (χ4v) is 6.05. The van der Waals surface area contributed by atoms with Gasteiger partial charge in [-0.25, -0.2) is 0 Å². The Morgan fingerprint density at radius 3 is 2.03 bits per heavy atom. The second-order valence-corrected chi connectivity index (χ2v) is 13.9. The summed E-state index contributed by atoms with van der Waals surface area (Å²) in [6.45, 7) is 20.6. The standard InChI is InChI=1S/C36H46O/c1-10-11-12-24-13-14-25-20-26-21-27(35(5,6)7)15-17-29(26)33(30(25)19-24)31-22-28(16-18-32(31)37)36(8,9)23-34(2,3)4/h13-22,37H,10-12,23H2,1-9H3. The van der Waals surface area contributed by atoms with Gasteiger partial charge in [-0.15, -0.1) is 0 Å². The van der Waals surface area contributed by atoms with E-state index in [4.69, 9.17) is 0 Å². The third-order valence-corrected chi connectivity index (χ3v) is 7.72. The molecule has 0 amide bonds. The van der Waals surface area contributed by atoms with E-state index in [2.05, 4.69) is 117 Å². The van der Waals surface area contributed by atoms with Crippen LogP contribution in [0, 0.1) is 5.41 Å². The van der Waals surface area contributed by atoms with Crippen molar-refractivity contribution >= 4 is 21.5 Å². The van der Waals surface area contributed by atoms with Crippen molar-refractivity contribution in [3.63, 3.8) is 0 Å². The van der Waals surface area contributed by atoms with E-state index in [1.165, 1.54) is 51.1 Å². The first kappa shape index (κ1) is 27.2. The number of hydrogen-bond acceptors (Lipinski definition) is 1. The van der Waals surface area contributed by atoms with E-state index in [0.29, 0.717) is 5.75 Å². The van der Waals surface area contributed by atoms with E-state index in [0.717, 1.165) is 24.0 Å². The van der Waals surface area contributed by atoms with Gasteiger partial charge in [0.05, 0.1) is 0 Å². The molecule has 0 spiro atoms. The minimum atomic E-state index is -0.00716. The number of aryl methyl sites for hydroxylation is 1. The number of aromatic hydroxyl groups is 1. The molecule has 1 nitrogen and oxygen atoms in total. The summed E-state index contributed by atoms with van der Waals surface area (Å²) in [5, 5.41) is 16.2. The van der Waals surface area contributed by atoms with Crippen LogP contribution >= 0.6 is 0 Å². The topological polar surface area (TPSA) is 20.2 Å². The predicted octanol–water partition coefficient (Wildman–Crippen LogP) is 10.7. The summed E-state index contributed by atoms with van der Waals surface area (Å²) in [6.07, 6.45) is 4.52. The number of fused-ring (bicyclic) bond motifs is 2. The summed E-state index contributed by atoms with van der Waals surface area (Å²) < 4.78 is 0. The van der Waals surface area contributed by atoms with Crippen LogP contribution in [0.15, 0.2) is 60.7 Å². The van der Waals surface area contributed by atoms with Gasteiger partial charge in [0.2, 0.25) is 0 Å². The lowest BCUT2D eigenvalue weighted by atomic mass is 9.72. The van der Waals surface area contributed by atoms with Gasteiger partial charge in [-0.1, -0.05) is 111 Å². The number of unbranched alkanes of at least 4 members (excludes halogenated alkanes) is 1. The SMILES string of the molecule is CCCCc1ccc2cc3cc(C(C)(C)C)ccc3c(-c3cc(C(C)(C)CC(C)(C)C)ccc3O)c2c1. The maximum Gasteiger partial charge on any atom is 0.123 e. The van der Waals surface area contributed by atoms with E-state index in [1.807, 2.05) is 6.07 Å². The summed E-state index contributed by atoms with van der Waals surface area (Å²) in [6, 6.07) is 22.4. The number of benzene rings is 4. The maximum atomic E-state index is 11.3. The van der Waals surface area contributed by atoms with Crippen molar-refractivity contribution in [2.75, 3.05) is 0 Å². The first-order valence-electron chi connectivity index (χ1n) is 14.0. The van der Waals surface area contributed by atoms with Crippen LogP contribution in [-0.4, -0.2) is 5.11 Å². The minimum absolute atomic E-state index is 0.00716. The zero-order valence-electron chi connectivity index (χ0n) is 24.5. The molecule has 0 aliphatic heterocycles. The van der Waals surface area contributed by atoms with Crippen molar-refractivity contribution in [1.82, 2.24) is 0 Å². The molecule has 0 saturated carbocycles. The van der Waals surface area contributed by atoms with Crippen molar-refractivity contribution in [2.45, 2.75) is 98.8 Å². The summed E-state index contributed by atoms with van der Waals surface area (Å²) in [5.41, 5.74) is 6.33. The Balaban J connectivity index is 2.04. The molecule has 37 heavy (non-hydrogen) atoms. The average Bonchev–Trinajstić information content (AvgIpc) is 2.79. The van der Waals surface area contributed by atoms with Crippen LogP contribution in [0.4, 0.5) is 0 Å². The maximum absolute atomic E-state index is 11.3. The van der Waals surface area contributed by atoms with Crippen molar-refractivity contribution < 1.29 is 5.11 Å². The Morgan fingerprint density at radius 2 is 1.38 bits per heavy atom. The quantitative estimate of drug-likeness (QED) is 0.264. The third kappa shape index (κ3) is 5.87. The molecule has 0 heterocycles. The molecule has 0 aliphatic carbocycles. The first-order valence-corrected chi connectivity index (χ1v) is 14.0. The molecule has 0 bridgehead atoms. The highest BCUT2D eigenvalue weighted by atomic mass is 16.3. The van der Waals surface area contributed by atoms with E-state index < -0.39 is 0 Å². The summed E-state index contributed by atoms with van der Waals surface area (Å²) in [7, 11) is 0. The Labute approximate surface area is 224 Å². The fraction of sp³-hybridized carbons (Fsp3) is 0.444. The third-order valence-electron chi connectivity index (χ3n) is 7.72. The molecule has 1 heteroatoms. The largest absolute Gasteiger partial charge is 0.507 e.